The van der Waals surface area contributed by atoms with Crippen LogP contribution in [0.5, 0.6) is 0 Å². The van der Waals surface area contributed by atoms with Gasteiger partial charge in [-0.2, -0.15) is 0 Å². The summed E-state index contributed by atoms with van der Waals surface area (Å²) >= 11 is 0. The molecule has 0 aromatic heterocycles. The standard InChI is InChI=1S/C18H22N2.3ClH/c19-17-12-7-13-20(14-15-8-3-1-4-9-15)18(17)16-10-5-2-6-11-16;;;/h1-6,8-11,17-18H,7,12-14,19H2;3*1H. The minimum absolute atomic E-state index is 0. The smallest absolute Gasteiger partial charge is 0.0502 e. The van der Waals surface area contributed by atoms with Crippen molar-refractivity contribution in [3.8, 4) is 0 Å². The van der Waals surface area contributed by atoms with Crippen LogP contribution in [-0.4, -0.2) is 17.5 Å². The van der Waals surface area contributed by atoms with Crippen LogP contribution < -0.4 is 5.73 Å². The number of piperidine rings is 1. The number of benzene rings is 2. The van der Waals surface area contributed by atoms with Crippen LogP contribution >= 0.6 is 37.2 Å². The number of rotatable bonds is 3. The van der Waals surface area contributed by atoms with E-state index in [-0.39, 0.29) is 43.3 Å². The number of nitrogens with two attached hydrogens (primary N) is 1. The summed E-state index contributed by atoms with van der Waals surface area (Å²) in [4.78, 5) is 2.53. The van der Waals surface area contributed by atoms with E-state index in [2.05, 4.69) is 65.6 Å². The first kappa shape index (κ1) is 22.2. The molecule has 0 saturated carbocycles. The lowest BCUT2D eigenvalue weighted by Crippen LogP contribution is -2.45. The molecule has 23 heavy (non-hydrogen) atoms. The van der Waals surface area contributed by atoms with Crippen molar-refractivity contribution in [3.63, 3.8) is 0 Å². The largest absolute Gasteiger partial charge is 0.326 e. The summed E-state index contributed by atoms with van der Waals surface area (Å²) in [6.45, 7) is 2.11. The molecule has 2 N–H and O–H groups in total. The Kier molecular flexibility index (Phi) is 10.5. The fourth-order valence-corrected chi connectivity index (χ4v) is 3.20. The summed E-state index contributed by atoms with van der Waals surface area (Å²) in [5, 5.41) is 0. The zero-order chi connectivity index (χ0) is 13.8. The number of hydrogen-bond acceptors (Lipinski definition) is 2. The highest BCUT2D eigenvalue weighted by molar-refractivity contribution is 5.86. The Labute approximate surface area is 157 Å². The molecule has 0 spiro atoms. The third kappa shape index (κ3) is 5.66. The van der Waals surface area contributed by atoms with Crippen molar-refractivity contribution in [2.24, 2.45) is 5.73 Å². The molecule has 2 aromatic rings. The fourth-order valence-electron chi connectivity index (χ4n) is 3.20. The van der Waals surface area contributed by atoms with Crippen molar-refractivity contribution in [1.29, 1.82) is 0 Å². The first-order chi connectivity index (χ1) is 9.84. The summed E-state index contributed by atoms with van der Waals surface area (Å²) in [5.74, 6) is 0. The van der Waals surface area contributed by atoms with Crippen molar-refractivity contribution in [1.82, 2.24) is 4.90 Å². The normalized spacial score (nSPS) is 20.6. The topological polar surface area (TPSA) is 29.3 Å². The Balaban J connectivity index is 0.00000161. The van der Waals surface area contributed by atoms with Gasteiger partial charge >= 0.3 is 0 Å². The van der Waals surface area contributed by atoms with Crippen molar-refractivity contribution in [2.45, 2.75) is 31.5 Å². The van der Waals surface area contributed by atoms with Crippen LogP contribution in [-0.2, 0) is 6.54 Å². The van der Waals surface area contributed by atoms with Gasteiger partial charge in [0.25, 0.3) is 0 Å². The third-order valence-corrected chi connectivity index (χ3v) is 4.15. The van der Waals surface area contributed by atoms with Gasteiger partial charge in [0.15, 0.2) is 0 Å². The van der Waals surface area contributed by atoms with Gasteiger partial charge in [0.05, 0.1) is 6.04 Å². The van der Waals surface area contributed by atoms with Gasteiger partial charge in [0.2, 0.25) is 0 Å². The SMILES string of the molecule is Cl.Cl.Cl.NC1CCCN(Cc2ccccc2)C1c1ccccc1. The molecule has 2 atom stereocenters. The lowest BCUT2D eigenvalue weighted by molar-refractivity contribution is 0.120. The number of halogens is 3. The van der Waals surface area contributed by atoms with E-state index in [9.17, 15) is 0 Å². The Morgan fingerprint density at radius 2 is 1.43 bits per heavy atom. The lowest BCUT2D eigenvalue weighted by Gasteiger charge is -2.40. The van der Waals surface area contributed by atoms with E-state index in [0.29, 0.717) is 6.04 Å². The summed E-state index contributed by atoms with van der Waals surface area (Å²) in [5.41, 5.74) is 9.12. The predicted octanol–water partition coefficient (Wildman–Crippen LogP) is 4.62. The van der Waals surface area contributed by atoms with E-state index >= 15 is 0 Å². The third-order valence-electron chi connectivity index (χ3n) is 4.15. The zero-order valence-electron chi connectivity index (χ0n) is 13.0. The van der Waals surface area contributed by atoms with Crippen LogP contribution in [0.25, 0.3) is 0 Å². The molecule has 128 valence electrons. The molecule has 2 unspecified atom stereocenters. The van der Waals surface area contributed by atoms with E-state index in [1.165, 1.54) is 17.5 Å². The van der Waals surface area contributed by atoms with E-state index in [1.54, 1.807) is 0 Å². The summed E-state index contributed by atoms with van der Waals surface area (Å²) in [7, 11) is 0. The molecule has 0 bridgehead atoms. The molecule has 1 heterocycles. The highest BCUT2D eigenvalue weighted by Gasteiger charge is 2.29. The van der Waals surface area contributed by atoms with Crippen LogP contribution in [0.2, 0.25) is 0 Å². The van der Waals surface area contributed by atoms with Crippen LogP contribution in [0.15, 0.2) is 60.7 Å². The first-order valence-corrected chi connectivity index (χ1v) is 7.43. The van der Waals surface area contributed by atoms with Gasteiger partial charge < -0.3 is 5.73 Å². The van der Waals surface area contributed by atoms with E-state index in [4.69, 9.17) is 5.73 Å². The van der Waals surface area contributed by atoms with Crippen LogP contribution in [0.4, 0.5) is 0 Å². The van der Waals surface area contributed by atoms with Gasteiger partial charge in [-0.15, -0.1) is 37.2 Å². The quantitative estimate of drug-likeness (QED) is 0.848. The highest BCUT2D eigenvalue weighted by atomic mass is 35.5. The summed E-state index contributed by atoms with van der Waals surface area (Å²) in [6, 6.07) is 21.9. The molecule has 1 saturated heterocycles. The van der Waals surface area contributed by atoms with E-state index in [0.717, 1.165) is 19.5 Å². The van der Waals surface area contributed by atoms with Crippen LogP contribution in [0.1, 0.15) is 30.0 Å². The molecule has 3 rings (SSSR count). The molecular formula is C18H25Cl3N2. The molecule has 1 fully saturated rings. The molecular weight excluding hydrogens is 351 g/mol. The molecule has 1 aliphatic rings. The Bertz CT molecular complexity index is 536. The van der Waals surface area contributed by atoms with Crippen LogP contribution in [0, 0.1) is 0 Å². The minimum Gasteiger partial charge on any atom is -0.326 e. The van der Waals surface area contributed by atoms with Gasteiger partial charge in [-0.05, 0) is 30.5 Å². The van der Waals surface area contributed by atoms with Crippen LogP contribution in [0.3, 0.4) is 0 Å². The zero-order valence-corrected chi connectivity index (χ0v) is 15.5. The average Bonchev–Trinajstić information content (AvgIpc) is 2.49. The fraction of sp³-hybridized carbons (Fsp3) is 0.333. The average molecular weight is 376 g/mol. The first-order valence-electron chi connectivity index (χ1n) is 7.43. The van der Waals surface area contributed by atoms with Crippen molar-refractivity contribution in [2.75, 3.05) is 6.54 Å². The van der Waals surface area contributed by atoms with Gasteiger partial charge in [0, 0.05) is 12.6 Å². The maximum absolute atomic E-state index is 6.41. The van der Waals surface area contributed by atoms with Gasteiger partial charge in [0.1, 0.15) is 0 Å². The second kappa shape index (κ2) is 10.9. The second-order valence-electron chi connectivity index (χ2n) is 5.62. The summed E-state index contributed by atoms with van der Waals surface area (Å²) in [6.07, 6.45) is 2.31. The molecule has 2 nitrogen and oxygen atoms in total. The van der Waals surface area contributed by atoms with Crippen molar-refractivity contribution >= 4 is 37.2 Å². The molecule has 0 aliphatic carbocycles. The van der Waals surface area contributed by atoms with Crippen molar-refractivity contribution in [3.05, 3.63) is 71.8 Å². The number of nitrogens with zero attached hydrogens (tertiary/aromatic N) is 1. The maximum atomic E-state index is 6.41. The lowest BCUT2D eigenvalue weighted by atomic mass is 9.90. The number of likely N-dealkylation sites (tertiary alicyclic amines) is 1. The minimum atomic E-state index is 0. The summed E-state index contributed by atoms with van der Waals surface area (Å²) < 4.78 is 0. The Hall–Kier alpha value is -0.770. The Morgan fingerprint density at radius 3 is 2.04 bits per heavy atom. The van der Waals surface area contributed by atoms with Gasteiger partial charge in [-0.3, -0.25) is 4.90 Å². The molecule has 0 radical (unpaired) electrons. The molecule has 2 aromatic carbocycles. The monoisotopic (exact) mass is 374 g/mol. The molecule has 1 aliphatic heterocycles. The molecule has 5 heteroatoms. The van der Waals surface area contributed by atoms with E-state index < -0.39 is 0 Å². The van der Waals surface area contributed by atoms with Gasteiger partial charge in [-0.25, -0.2) is 0 Å². The predicted molar refractivity (Wildman–Crippen MR) is 105 cm³/mol. The number of hydrogen-bond donors (Lipinski definition) is 1. The Morgan fingerprint density at radius 1 is 0.870 bits per heavy atom. The maximum Gasteiger partial charge on any atom is 0.0502 e. The second-order valence-corrected chi connectivity index (χ2v) is 5.62. The highest BCUT2D eigenvalue weighted by Crippen LogP contribution is 2.31. The van der Waals surface area contributed by atoms with Gasteiger partial charge in [-0.1, -0.05) is 60.7 Å². The van der Waals surface area contributed by atoms with Crippen molar-refractivity contribution < 1.29 is 0 Å². The molecule has 0 amide bonds. The van der Waals surface area contributed by atoms with E-state index in [1.807, 2.05) is 0 Å².